The lowest BCUT2D eigenvalue weighted by Gasteiger charge is -2.57. The van der Waals surface area contributed by atoms with Crippen molar-refractivity contribution in [3.05, 3.63) is 23.0 Å². The minimum absolute atomic E-state index is 0.0807. The molecule has 0 radical (unpaired) electrons. The van der Waals surface area contributed by atoms with Crippen LogP contribution in [0.5, 0.6) is 0 Å². The molecule has 29 heavy (non-hydrogen) atoms. The average molecular weight is 401 g/mol. The van der Waals surface area contributed by atoms with Gasteiger partial charge in [0.15, 0.2) is 0 Å². The summed E-state index contributed by atoms with van der Waals surface area (Å²) in [6.07, 6.45) is 11.0. The summed E-state index contributed by atoms with van der Waals surface area (Å²) < 4.78 is 11.4. The zero-order chi connectivity index (χ0) is 21.0. The summed E-state index contributed by atoms with van der Waals surface area (Å²) in [5.74, 6) is 2.51. The molecule has 6 atom stereocenters. The van der Waals surface area contributed by atoms with Crippen LogP contribution in [-0.2, 0) is 19.1 Å². The van der Waals surface area contributed by atoms with E-state index in [1.54, 1.807) is 6.92 Å². The van der Waals surface area contributed by atoms with E-state index in [1.807, 2.05) is 0 Å². The normalized spacial score (nSPS) is 41.1. The maximum Gasteiger partial charge on any atom is 0.307 e. The Morgan fingerprint density at radius 2 is 1.83 bits per heavy atom. The Kier molecular flexibility index (Phi) is 5.19. The molecule has 0 heterocycles. The largest absolute Gasteiger partial charge is 0.462 e. The summed E-state index contributed by atoms with van der Waals surface area (Å²) in [6.45, 7) is 10.0. The molecule has 2 saturated carbocycles. The molecule has 0 aliphatic heterocycles. The van der Waals surface area contributed by atoms with E-state index in [1.165, 1.54) is 30.9 Å². The van der Waals surface area contributed by atoms with Gasteiger partial charge in [-0.15, -0.1) is 0 Å². The first-order chi connectivity index (χ1) is 13.7. The van der Waals surface area contributed by atoms with Crippen molar-refractivity contribution in [2.24, 2.45) is 28.6 Å². The minimum atomic E-state index is -0.209. The highest BCUT2D eigenvalue weighted by Crippen LogP contribution is 2.66. The van der Waals surface area contributed by atoms with Crippen LogP contribution in [0.25, 0.3) is 0 Å². The Balaban J connectivity index is 1.66. The minimum Gasteiger partial charge on any atom is -0.462 e. The molecule has 0 aromatic rings. The fourth-order valence-electron chi connectivity index (χ4n) is 7.58. The van der Waals surface area contributed by atoms with Gasteiger partial charge in [0, 0.05) is 25.7 Å². The number of esters is 2. The Morgan fingerprint density at radius 1 is 1.07 bits per heavy atom. The van der Waals surface area contributed by atoms with Gasteiger partial charge in [0.05, 0.1) is 0 Å². The summed E-state index contributed by atoms with van der Waals surface area (Å²) in [5, 5.41) is 0. The summed E-state index contributed by atoms with van der Waals surface area (Å²) in [6, 6.07) is 0. The van der Waals surface area contributed by atoms with Crippen LogP contribution in [0.1, 0.15) is 86.0 Å². The van der Waals surface area contributed by atoms with Gasteiger partial charge >= 0.3 is 11.9 Å². The van der Waals surface area contributed by atoms with E-state index in [0.29, 0.717) is 17.8 Å². The van der Waals surface area contributed by atoms with Crippen LogP contribution in [0.4, 0.5) is 0 Å². The number of allylic oxidation sites excluding steroid dienone is 4. The van der Waals surface area contributed by atoms with Gasteiger partial charge in [-0.3, -0.25) is 9.59 Å². The van der Waals surface area contributed by atoms with E-state index in [0.717, 1.165) is 44.3 Å². The maximum absolute atomic E-state index is 11.6. The van der Waals surface area contributed by atoms with Gasteiger partial charge in [-0.2, -0.15) is 0 Å². The molecule has 4 heteroatoms. The molecule has 0 unspecified atom stereocenters. The van der Waals surface area contributed by atoms with Gasteiger partial charge in [0.1, 0.15) is 11.9 Å². The summed E-state index contributed by atoms with van der Waals surface area (Å²) in [7, 11) is 0. The number of hydrogen-bond donors (Lipinski definition) is 0. The van der Waals surface area contributed by atoms with Gasteiger partial charge in [-0.05, 0) is 79.3 Å². The molecule has 0 N–H and O–H groups in total. The third-order valence-corrected chi connectivity index (χ3v) is 8.84. The average Bonchev–Trinajstić information content (AvgIpc) is 2.97. The number of rotatable bonds is 3. The Labute approximate surface area is 175 Å². The van der Waals surface area contributed by atoms with Crippen molar-refractivity contribution in [1.82, 2.24) is 0 Å². The van der Waals surface area contributed by atoms with Crippen LogP contribution >= 0.6 is 0 Å². The number of carbonyl (C=O) groups is 2. The lowest BCUT2D eigenvalue weighted by atomic mass is 9.48. The molecule has 0 amide bonds. The molecule has 0 saturated heterocycles. The molecule has 0 aromatic heterocycles. The first-order valence-corrected chi connectivity index (χ1v) is 11.5. The molecule has 0 spiro atoms. The molecular formula is C25H36O4. The van der Waals surface area contributed by atoms with Gasteiger partial charge < -0.3 is 9.47 Å². The second-order valence-electron chi connectivity index (χ2n) is 10.2. The van der Waals surface area contributed by atoms with Crippen LogP contribution in [-0.4, -0.2) is 18.0 Å². The van der Waals surface area contributed by atoms with Crippen molar-refractivity contribution in [3.63, 3.8) is 0 Å². The van der Waals surface area contributed by atoms with Crippen molar-refractivity contribution in [2.75, 3.05) is 0 Å². The second-order valence-corrected chi connectivity index (χ2v) is 10.2. The number of carbonyl (C=O) groups excluding carboxylic acids is 2. The van der Waals surface area contributed by atoms with E-state index in [2.05, 4.69) is 26.8 Å². The van der Waals surface area contributed by atoms with Crippen molar-refractivity contribution in [3.8, 4) is 0 Å². The van der Waals surface area contributed by atoms with Gasteiger partial charge in [-0.25, -0.2) is 0 Å². The van der Waals surface area contributed by atoms with E-state index < -0.39 is 0 Å². The number of fused-ring (bicyclic) bond motifs is 5. The highest BCUT2D eigenvalue weighted by atomic mass is 16.5. The van der Waals surface area contributed by atoms with Crippen LogP contribution in [0.3, 0.4) is 0 Å². The highest BCUT2D eigenvalue weighted by Gasteiger charge is 2.59. The zero-order valence-electron chi connectivity index (χ0n) is 18.7. The Bertz CT molecular complexity index is 778. The van der Waals surface area contributed by atoms with Crippen LogP contribution < -0.4 is 0 Å². The van der Waals surface area contributed by atoms with Crippen molar-refractivity contribution in [1.29, 1.82) is 0 Å². The predicted octanol–water partition coefficient (Wildman–Crippen LogP) is 5.72. The molecule has 0 bridgehead atoms. The van der Waals surface area contributed by atoms with Gasteiger partial charge in [0.25, 0.3) is 0 Å². The molecule has 4 aliphatic rings. The Morgan fingerprint density at radius 3 is 2.48 bits per heavy atom. The summed E-state index contributed by atoms with van der Waals surface area (Å²) in [4.78, 5) is 23.2. The first kappa shape index (κ1) is 20.7. The molecule has 0 aromatic carbocycles. The molecular weight excluding hydrogens is 364 g/mol. The second kappa shape index (κ2) is 7.28. The standard InChI is InChI=1S/C25H36O4/c1-6-17-19-8-7-18-20-9-10-23(29-16(3)27)25(20,5)13-11-21(18)24(19,4)14-12-22(17)28-15(2)26/h8,18,20-21,23H,6-7,9-14H2,1-5H3/t18-,20-,21-,23-,24-,25-/m0/s1. The van der Waals surface area contributed by atoms with Crippen molar-refractivity contribution >= 4 is 11.9 Å². The van der Waals surface area contributed by atoms with Gasteiger partial charge in [-0.1, -0.05) is 26.8 Å². The van der Waals surface area contributed by atoms with Crippen LogP contribution in [0.15, 0.2) is 23.0 Å². The smallest absolute Gasteiger partial charge is 0.307 e. The van der Waals surface area contributed by atoms with E-state index in [9.17, 15) is 9.59 Å². The zero-order valence-corrected chi connectivity index (χ0v) is 18.7. The Hall–Kier alpha value is -1.58. The molecule has 4 aliphatic carbocycles. The van der Waals surface area contributed by atoms with Gasteiger partial charge in [0.2, 0.25) is 0 Å². The van der Waals surface area contributed by atoms with Crippen LogP contribution in [0, 0.1) is 28.6 Å². The third-order valence-electron chi connectivity index (χ3n) is 8.84. The fraction of sp³-hybridized carbons (Fsp3) is 0.760. The van der Waals surface area contributed by atoms with Crippen LogP contribution in [0.2, 0.25) is 0 Å². The van der Waals surface area contributed by atoms with Crippen molar-refractivity contribution in [2.45, 2.75) is 92.1 Å². The lowest BCUT2D eigenvalue weighted by Crippen LogP contribution is -2.51. The maximum atomic E-state index is 11.6. The predicted molar refractivity (Wildman–Crippen MR) is 112 cm³/mol. The molecule has 2 fully saturated rings. The third kappa shape index (κ3) is 3.18. The lowest BCUT2D eigenvalue weighted by molar-refractivity contribution is -0.156. The molecule has 160 valence electrons. The summed E-state index contributed by atoms with van der Waals surface area (Å²) in [5.41, 5.74) is 3.00. The van der Waals surface area contributed by atoms with Crippen molar-refractivity contribution < 1.29 is 19.1 Å². The number of hydrogen-bond acceptors (Lipinski definition) is 4. The SMILES string of the molecule is CCC1=C(OC(C)=O)CC[C@@]2(C)C1=CC[C@H]1[C@@H]3CC[C@H](OC(C)=O)[C@@]3(C)CC[C@@H]12. The summed E-state index contributed by atoms with van der Waals surface area (Å²) >= 11 is 0. The topological polar surface area (TPSA) is 52.6 Å². The monoisotopic (exact) mass is 400 g/mol. The molecule has 4 nitrogen and oxygen atoms in total. The quantitative estimate of drug-likeness (QED) is 0.569. The fourth-order valence-corrected chi connectivity index (χ4v) is 7.58. The van der Waals surface area contributed by atoms with E-state index >= 15 is 0 Å². The number of ether oxygens (including phenoxy) is 2. The first-order valence-electron chi connectivity index (χ1n) is 11.5. The van der Waals surface area contributed by atoms with E-state index in [-0.39, 0.29) is 28.9 Å². The molecule has 4 rings (SSSR count). The highest BCUT2D eigenvalue weighted by molar-refractivity contribution is 5.68. The van der Waals surface area contributed by atoms with E-state index in [4.69, 9.17) is 9.47 Å².